The van der Waals surface area contributed by atoms with Crippen molar-refractivity contribution in [2.75, 3.05) is 32.8 Å². The van der Waals surface area contributed by atoms with Crippen LogP contribution in [-0.4, -0.2) is 54.3 Å². The third-order valence-electron chi connectivity index (χ3n) is 2.34. The number of ether oxygens (including phenoxy) is 1. The van der Waals surface area contributed by atoms with Gasteiger partial charge in [0.25, 0.3) is 0 Å². The fourth-order valence-corrected chi connectivity index (χ4v) is 1.54. The quantitative estimate of drug-likeness (QED) is 0.514. The van der Waals surface area contributed by atoms with Crippen LogP contribution in [-0.2, 0) is 4.74 Å². The Balaban J connectivity index is 2.33. The van der Waals surface area contributed by atoms with Crippen molar-refractivity contribution in [3.05, 3.63) is 0 Å². The highest BCUT2D eigenvalue weighted by Gasteiger charge is 2.25. The number of carbonyl (C=O) groups is 1. The molecule has 6 nitrogen and oxygen atoms in total. The number of nitrogens with two attached hydrogens (primary N) is 1. The van der Waals surface area contributed by atoms with E-state index in [0.717, 1.165) is 13.1 Å². The van der Waals surface area contributed by atoms with E-state index < -0.39 is 5.60 Å². The van der Waals surface area contributed by atoms with E-state index in [4.69, 9.17) is 10.6 Å². The summed E-state index contributed by atoms with van der Waals surface area (Å²) in [6, 6.07) is 0. The summed E-state index contributed by atoms with van der Waals surface area (Å²) in [5.74, 6) is 5.24. The zero-order valence-corrected chi connectivity index (χ0v) is 10.3. The van der Waals surface area contributed by atoms with E-state index in [-0.39, 0.29) is 6.09 Å². The van der Waals surface area contributed by atoms with Crippen LogP contribution in [0, 0.1) is 0 Å². The van der Waals surface area contributed by atoms with Crippen LogP contribution in [0.1, 0.15) is 20.8 Å². The summed E-state index contributed by atoms with van der Waals surface area (Å²) in [4.78, 5) is 15.6. The van der Waals surface area contributed by atoms with Gasteiger partial charge in [-0.3, -0.25) is 10.7 Å². The number of rotatable bonds is 2. The van der Waals surface area contributed by atoms with Gasteiger partial charge >= 0.3 is 6.09 Å². The number of piperazine rings is 1. The van der Waals surface area contributed by atoms with E-state index in [1.54, 1.807) is 4.90 Å². The van der Waals surface area contributed by atoms with Crippen molar-refractivity contribution in [1.82, 2.24) is 15.2 Å². The zero-order valence-electron chi connectivity index (χ0n) is 10.3. The third kappa shape index (κ3) is 4.34. The molecule has 1 fully saturated rings. The van der Waals surface area contributed by atoms with E-state index in [1.807, 2.05) is 20.8 Å². The molecule has 0 bridgehead atoms. The van der Waals surface area contributed by atoms with Crippen LogP contribution in [0.5, 0.6) is 0 Å². The number of hydrogen-bond donors (Lipinski definition) is 2. The third-order valence-corrected chi connectivity index (χ3v) is 2.34. The van der Waals surface area contributed by atoms with Gasteiger partial charge in [0.05, 0.1) is 6.67 Å². The SMILES string of the molecule is CC(C)(C)OC(=O)N1CCN(CNN)CC1. The maximum Gasteiger partial charge on any atom is 0.410 e. The molecule has 1 rings (SSSR count). The number of amides is 1. The van der Waals surface area contributed by atoms with E-state index in [1.165, 1.54) is 0 Å². The Morgan fingerprint density at radius 3 is 2.31 bits per heavy atom. The van der Waals surface area contributed by atoms with Gasteiger partial charge in [-0.15, -0.1) is 0 Å². The summed E-state index contributed by atoms with van der Waals surface area (Å²) in [5.41, 5.74) is 2.19. The molecule has 0 radical (unpaired) electrons. The fourth-order valence-electron chi connectivity index (χ4n) is 1.54. The molecule has 0 aromatic heterocycles. The standard InChI is InChI=1S/C10H22N4O2/c1-10(2,3)16-9(15)14-6-4-13(5-7-14)8-12-11/h12H,4-8,11H2,1-3H3. The van der Waals surface area contributed by atoms with Gasteiger partial charge in [-0.1, -0.05) is 0 Å². The van der Waals surface area contributed by atoms with Gasteiger partial charge in [-0.25, -0.2) is 10.2 Å². The molecule has 1 heterocycles. The smallest absolute Gasteiger partial charge is 0.410 e. The van der Waals surface area contributed by atoms with Crippen molar-refractivity contribution in [2.45, 2.75) is 26.4 Å². The highest BCUT2D eigenvalue weighted by Crippen LogP contribution is 2.11. The van der Waals surface area contributed by atoms with Crippen molar-refractivity contribution in [2.24, 2.45) is 5.84 Å². The van der Waals surface area contributed by atoms with Gasteiger partial charge in [0, 0.05) is 26.2 Å². The minimum absolute atomic E-state index is 0.229. The van der Waals surface area contributed by atoms with Crippen LogP contribution in [0.25, 0.3) is 0 Å². The van der Waals surface area contributed by atoms with E-state index in [9.17, 15) is 4.79 Å². The van der Waals surface area contributed by atoms with Crippen LogP contribution in [0.15, 0.2) is 0 Å². The van der Waals surface area contributed by atoms with Gasteiger partial charge in [0.15, 0.2) is 0 Å². The molecule has 0 unspecified atom stereocenters. The van der Waals surface area contributed by atoms with Crippen LogP contribution in [0.2, 0.25) is 0 Å². The lowest BCUT2D eigenvalue weighted by Gasteiger charge is -2.35. The first-order valence-corrected chi connectivity index (χ1v) is 5.56. The maximum atomic E-state index is 11.7. The Morgan fingerprint density at radius 2 is 1.88 bits per heavy atom. The average molecular weight is 230 g/mol. The van der Waals surface area contributed by atoms with Gasteiger partial charge in [0.2, 0.25) is 0 Å². The minimum Gasteiger partial charge on any atom is -0.444 e. The second kappa shape index (κ2) is 5.47. The number of carbonyl (C=O) groups excluding carboxylic acids is 1. The zero-order chi connectivity index (χ0) is 12.2. The summed E-state index contributed by atoms with van der Waals surface area (Å²) in [7, 11) is 0. The molecule has 0 aliphatic carbocycles. The highest BCUT2D eigenvalue weighted by molar-refractivity contribution is 5.68. The summed E-state index contributed by atoms with van der Waals surface area (Å²) in [6.07, 6.45) is -0.229. The van der Waals surface area contributed by atoms with E-state index in [2.05, 4.69) is 10.3 Å². The van der Waals surface area contributed by atoms with Crippen LogP contribution >= 0.6 is 0 Å². The Kier molecular flexibility index (Phi) is 4.52. The molecule has 6 heteroatoms. The topological polar surface area (TPSA) is 70.8 Å². The fraction of sp³-hybridized carbons (Fsp3) is 0.900. The normalized spacial score (nSPS) is 18.6. The molecule has 1 saturated heterocycles. The molecule has 16 heavy (non-hydrogen) atoms. The van der Waals surface area contributed by atoms with Gasteiger partial charge < -0.3 is 9.64 Å². The highest BCUT2D eigenvalue weighted by atomic mass is 16.6. The second-order valence-electron chi connectivity index (χ2n) is 4.95. The maximum absolute atomic E-state index is 11.7. The Hall–Kier alpha value is -0.850. The molecule has 1 aliphatic heterocycles. The van der Waals surface area contributed by atoms with Crippen molar-refractivity contribution in [3.63, 3.8) is 0 Å². The number of nitrogens with one attached hydrogen (secondary N) is 1. The van der Waals surface area contributed by atoms with Crippen LogP contribution in [0.3, 0.4) is 0 Å². The first-order valence-electron chi connectivity index (χ1n) is 5.56. The summed E-state index contributed by atoms with van der Waals surface area (Å²) in [5, 5.41) is 0. The second-order valence-corrected chi connectivity index (χ2v) is 4.95. The lowest BCUT2D eigenvalue weighted by molar-refractivity contribution is 0.0139. The lowest BCUT2D eigenvalue weighted by atomic mass is 10.2. The molecule has 0 aromatic rings. The number of nitrogens with zero attached hydrogens (tertiary/aromatic N) is 2. The molecule has 0 aromatic carbocycles. The van der Waals surface area contributed by atoms with Crippen molar-refractivity contribution in [1.29, 1.82) is 0 Å². The molecular formula is C10H22N4O2. The molecule has 94 valence electrons. The van der Waals surface area contributed by atoms with Crippen molar-refractivity contribution < 1.29 is 9.53 Å². The molecule has 1 aliphatic rings. The van der Waals surface area contributed by atoms with Gasteiger partial charge in [-0.05, 0) is 20.8 Å². The van der Waals surface area contributed by atoms with Gasteiger partial charge in [0.1, 0.15) is 5.60 Å². The van der Waals surface area contributed by atoms with E-state index >= 15 is 0 Å². The van der Waals surface area contributed by atoms with Gasteiger partial charge in [-0.2, -0.15) is 0 Å². The molecule has 0 saturated carbocycles. The van der Waals surface area contributed by atoms with E-state index in [0.29, 0.717) is 19.8 Å². The molecule has 0 spiro atoms. The molecule has 3 N–H and O–H groups in total. The monoisotopic (exact) mass is 230 g/mol. The molecular weight excluding hydrogens is 208 g/mol. The summed E-state index contributed by atoms with van der Waals surface area (Å²) in [6.45, 7) is 9.31. The predicted octanol–water partition coefficient (Wildman–Crippen LogP) is -0.0401. The minimum atomic E-state index is -0.424. The van der Waals surface area contributed by atoms with Crippen LogP contribution < -0.4 is 11.3 Å². The summed E-state index contributed by atoms with van der Waals surface area (Å²) >= 11 is 0. The first kappa shape index (κ1) is 13.2. The lowest BCUT2D eigenvalue weighted by Crippen LogP contribution is -2.52. The largest absolute Gasteiger partial charge is 0.444 e. The molecule has 1 amide bonds. The number of hydrogen-bond acceptors (Lipinski definition) is 5. The van der Waals surface area contributed by atoms with Crippen molar-refractivity contribution >= 4 is 6.09 Å². The molecule has 0 atom stereocenters. The number of hydrazine groups is 1. The van der Waals surface area contributed by atoms with Crippen molar-refractivity contribution in [3.8, 4) is 0 Å². The Labute approximate surface area is 96.7 Å². The Bertz CT molecular complexity index is 231. The first-order chi connectivity index (χ1) is 7.42. The van der Waals surface area contributed by atoms with Crippen LogP contribution in [0.4, 0.5) is 4.79 Å². The Morgan fingerprint density at radius 1 is 1.31 bits per heavy atom. The summed E-state index contributed by atoms with van der Waals surface area (Å²) < 4.78 is 5.30. The average Bonchev–Trinajstić information content (AvgIpc) is 2.16. The predicted molar refractivity (Wildman–Crippen MR) is 61.6 cm³/mol.